The van der Waals surface area contributed by atoms with Crippen LogP contribution in [0.15, 0.2) is 5.10 Å². The van der Waals surface area contributed by atoms with Crippen molar-refractivity contribution in [1.29, 1.82) is 5.26 Å². The average molecular weight is 151 g/mol. The molecule has 3 nitrogen and oxygen atoms in total. The Labute approximate surface area is 67.1 Å². The normalized spacial score (nSPS) is 18.0. The molecule has 1 saturated carbocycles. The summed E-state index contributed by atoms with van der Waals surface area (Å²) in [6.07, 6.45) is 4.06. The highest BCUT2D eigenvalue weighted by molar-refractivity contribution is 5.88. The molecule has 1 unspecified atom stereocenters. The van der Waals surface area contributed by atoms with Crippen molar-refractivity contribution in [2.45, 2.75) is 38.6 Å². The summed E-state index contributed by atoms with van der Waals surface area (Å²) in [6, 6.07) is 2.28. The van der Waals surface area contributed by atoms with Crippen LogP contribution in [0.3, 0.4) is 0 Å². The van der Waals surface area contributed by atoms with Gasteiger partial charge in [0.1, 0.15) is 0 Å². The summed E-state index contributed by atoms with van der Waals surface area (Å²) in [6.45, 7) is 1.96. The predicted molar refractivity (Wildman–Crippen MR) is 44.1 cm³/mol. The van der Waals surface area contributed by atoms with Crippen molar-refractivity contribution < 1.29 is 0 Å². The third-order valence-corrected chi connectivity index (χ3v) is 1.77. The van der Waals surface area contributed by atoms with Gasteiger partial charge in [0, 0.05) is 5.71 Å². The Morgan fingerprint density at radius 3 is 2.91 bits per heavy atom. The van der Waals surface area contributed by atoms with Gasteiger partial charge in [-0.15, -0.1) is 0 Å². The van der Waals surface area contributed by atoms with E-state index in [1.54, 1.807) is 0 Å². The van der Waals surface area contributed by atoms with Gasteiger partial charge in [-0.05, 0) is 26.2 Å². The number of hydrogen-bond donors (Lipinski definition) is 1. The lowest BCUT2D eigenvalue weighted by Crippen LogP contribution is -2.23. The summed E-state index contributed by atoms with van der Waals surface area (Å²) in [5.74, 6) is 0. The third-order valence-electron chi connectivity index (χ3n) is 1.77. The maximum absolute atomic E-state index is 8.33. The number of hydrazone groups is 1. The van der Waals surface area contributed by atoms with Crippen molar-refractivity contribution in [1.82, 2.24) is 5.43 Å². The highest BCUT2D eigenvalue weighted by atomic mass is 15.3. The molecular weight excluding hydrogens is 138 g/mol. The summed E-state index contributed by atoms with van der Waals surface area (Å²) >= 11 is 0. The summed E-state index contributed by atoms with van der Waals surface area (Å²) in [5.41, 5.74) is 4.20. The van der Waals surface area contributed by atoms with Crippen LogP contribution in [0.5, 0.6) is 0 Å². The van der Waals surface area contributed by atoms with E-state index in [1.165, 1.54) is 12.1 Å². The Kier molecular flexibility index (Phi) is 2.91. The van der Waals surface area contributed by atoms with Crippen LogP contribution in [0.1, 0.15) is 32.6 Å². The molecule has 0 aromatic rings. The molecule has 0 radical (unpaired) electrons. The van der Waals surface area contributed by atoms with Gasteiger partial charge in [-0.1, -0.05) is 0 Å². The van der Waals surface area contributed by atoms with Crippen molar-refractivity contribution in [3.05, 3.63) is 0 Å². The van der Waals surface area contributed by atoms with Crippen LogP contribution in [-0.2, 0) is 0 Å². The Hall–Kier alpha value is -1.04. The minimum atomic E-state index is 0.188. The van der Waals surface area contributed by atoms with Gasteiger partial charge in [0.05, 0.1) is 18.5 Å². The lowest BCUT2D eigenvalue weighted by Gasteiger charge is -2.16. The lowest BCUT2D eigenvalue weighted by molar-refractivity contribution is 0.574. The van der Waals surface area contributed by atoms with Crippen LogP contribution in [0.25, 0.3) is 0 Å². The van der Waals surface area contributed by atoms with Gasteiger partial charge in [0.2, 0.25) is 0 Å². The molecule has 1 rings (SSSR count). The first-order valence-electron chi connectivity index (χ1n) is 4.01. The maximum atomic E-state index is 8.33. The first-order valence-corrected chi connectivity index (χ1v) is 4.01. The van der Waals surface area contributed by atoms with E-state index in [0.717, 1.165) is 12.8 Å². The van der Waals surface area contributed by atoms with Crippen LogP contribution in [0.4, 0.5) is 0 Å². The second kappa shape index (κ2) is 3.97. The van der Waals surface area contributed by atoms with E-state index in [-0.39, 0.29) is 6.04 Å². The second-order valence-corrected chi connectivity index (χ2v) is 2.92. The lowest BCUT2D eigenvalue weighted by atomic mass is 9.98. The summed E-state index contributed by atoms with van der Waals surface area (Å²) in [4.78, 5) is 0. The summed E-state index contributed by atoms with van der Waals surface area (Å²) < 4.78 is 0. The number of nitriles is 1. The van der Waals surface area contributed by atoms with Crippen molar-refractivity contribution in [3.8, 4) is 6.07 Å². The molecule has 0 bridgehead atoms. The summed E-state index contributed by atoms with van der Waals surface area (Å²) in [5, 5.41) is 12.5. The Bertz CT molecular complexity index is 184. The molecule has 1 fully saturated rings. The van der Waals surface area contributed by atoms with Crippen LogP contribution in [0.2, 0.25) is 0 Å². The molecule has 60 valence electrons. The number of hydrogen-bond acceptors (Lipinski definition) is 3. The van der Waals surface area contributed by atoms with E-state index in [4.69, 9.17) is 5.26 Å². The van der Waals surface area contributed by atoms with Gasteiger partial charge in [0.15, 0.2) is 0 Å². The zero-order chi connectivity index (χ0) is 8.10. The molecule has 11 heavy (non-hydrogen) atoms. The Balaban J connectivity index is 2.15. The molecule has 3 heteroatoms. The molecule has 1 atom stereocenters. The molecular formula is C8H13N3. The zero-order valence-electron chi connectivity index (χ0n) is 6.80. The average Bonchev–Trinajstić information content (AvgIpc) is 1.85. The van der Waals surface area contributed by atoms with Gasteiger partial charge in [-0.2, -0.15) is 10.4 Å². The fraction of sp³-hybridized carbons (Fsp3) is 0.750. The van der Waals surface area contributed by atoms with Crippen LogP contribution < -0.4 is 5.43 Å². The van der Waals surface area contributed by atoms with Crippen LogP contribution in [0, 0.1) is 11.3 Å². The van der Waals surface area contributed by atoms with Gasteiger partial charge in [-0.25, -0.2) is 0 Å². The van der Waals surface area contributed by atoms with Gasteiger partial charge in [-0.3, -0.25) is 0 Å². The van der Waals surface area contributed by atoms with E-state index >= 15 is 0 Å². The molecule has 0 heterocycles. The third kappa shape index (κ3) is 2.58. The summed E-state index contributed by atoms with van der Waals surface area (Å²) in [7, 11) is 0. The van der Waals surface area contributed by atoms with E-state index in [2.05, 4.69) is 16.6 Å². The molecule has 0 saturated heterocycles. The van der Waals surface area contributed by atoms with E-state index < -0.39 is 0 Å². The SMILES string of the molecule is CC(CC#N)NN=C1CCC1. The first kappa shape index (κ1) is 8.06. The number of nitrogens with zero attached hydrogens (tertiary/aromatic N) is 2. The molecule has 0 aromatic carbocycles. The maximum Gasteiger partial charge on any atom is 0.0643 e. The van der Waals surface area contributed by atoms with Crippen molar-refractivity contribution >= 4 is 5.71 Å². The fourth-order valence-corrected chi connectivity index (χ4v) is 0.831. The van der Waals surface area contributed by atoms with E-state index in [0.29, 0.717) is 6.42 Å². The quantitative estimate of drug-likeness (QED) is 0.620. The zero-order valence-corrected chi connectivity index (χ0v) is 6.80. The fourth-order valence-electron chi connectivity index (χ4n) is 0.831. The van der Waals surface area contributed by atoms with Crippen molar-refractivity contribution in [2.24, 2.45) is 5.10 Å². The minimum absolute atomic E-state index is 0.188. The highest BCUT2D eigenvalue weighted by Crippen LogP contribution is 2.13. The number of nitrogens with one attached hydrogen (secondary N) is 1. The molecule has 0 aromatic heterocycles. The van der Waals surface area contributed by atoms with Crippen molar-refractivity contribution in [3.63, 3.8) is 0 Å². The predicted octanol–water partition coefficient (Wildman–Crippen LogP) is 1.42. The molecule has 1 N–H and O–H groups in total. The number of rotatable bonds is 3. The molecule has 1 aliphatic rings. The van der Waals surface area contributed by atoms with Crippen LogP contribution in [-0.4, -0.2) is 11.8 Å². The monoisotopic (exact) mass is 151 g/mol. The van der Waals surface area contributed by atoms with E-state index in [9.17, 15) is 0 Å². The second-order valence-electron chi connectivity index (χ2n) is 2.92. The molecule has 1 aliphatic carbocycles. The minimum Gasteiger partial charge on any atom is -0.306 e. The Morgan fingerprint density at radius 1 is 1.73 bits per heavy atom. The standard InChI is InChI=1S/C8H13N3/c1-7(5-6-9)10-11-8-3-2-4-8/h7,10H,2-5H2,1H3. The topological polar surface area (TPSA) is 48.2 Å². The largest absolute Gasteiger partial charge is 0.306 e. The van der Waals surface area contributed by atoms with Crippen LogP contribution >= 0.6 is 0 Å². The van der Waals surface area contributed by atoms with E-state index in [1.807, 2.05) is 6.92 Å². The van der Waals surface area contributed by atoms with Gasteiger partial charge in [0.25, 0.3) is 0 Å². The van der Waals surface area contributed by atoms with Crippen molar-refractivity contribution in [2.75, 3.05) is 0 Å². The Morgan fingerprint density at radius 2 is 2.45 bits per heavy atom. The van der Waals surface area contributed by atoms with Gasteiger partial charge >= 0.3 is 0 Å². The smallest absolute Gasteiger partial charge is 0.0643 e. The highest BCUT2D eigenvalue weighted by Gasteiger charge is 2.09. The molecule has 0 aliphatic heterocycles. The van der Waals surface area contributed by atoms with Gasteiger partial charge < -0.3 is 5.43 Å². The first-order chi connectivity index (χ1) is 5.33. The molecule has 0 amide bonds. The molecule has 0 spiro atoms.